The van der Waals surface area contributed by atoms with Crippen LogP contribution in [0.2, 0.25) is 0 Å². The standard InChI is InChI=1S/C59H35N5S/c60-35-41-33-40(59-62-57(38-15-5-2-6-16-38)61-58(63-59)39-25-23-37(24-26-39)36-13-3-1-4-14-36)27-29-43(41)54-46-19-8-7-17-44(46)47-30-31-51-55(56(47)54)48-20-9-11-21-50(48)64(51)42-28-32-53-49(34-42)45-18-10-12-22-52(45)65-53/h1-34,54H. The molecule has 5 nitrogen and oxygen atoms in total. The number of nitriles is 1. The fourth-order valence-corrected chi connectivity index (χ4v) is 11.1. The maximum atomic E-state index is 11.1. The number of fused-ring (bicyclic) bond motifs is 10. The van der Waals surface area contributed by atoms with Crippen LogP contribution in [-0.2, 0) is 0 Å². The van der Waals surface area contributed by atoms with Crippen LogP contribution in [-0.4, -0.2) is 19.5 Å². The van der Waals surface area contributed by atoms with Crippen molar-refractivity contribution in [3.05, 3.63) is 229 Å². The van der Waals surface area contributed by atoms with Crippen LogP contribution in [0.25, 0.3) is 104 Å². The van der Waals surface area contributed by atoms with E-state index in [1.807, 2.05) is 65.9 Å². The molecule has 1 aliphatic rings. The molecule has 0 aliphatic heterocycles. The summed E-state index contributed by atoms with van der Waals surface area (Å²) in [5.74, 6) is 1.47. The fraction of sp³-hybridized carbons (Fsp3) is 0.0169. The number of aromatic nitrogens is 4. The van der Waals surface area contributed by atoms with Crippen LogP contribution < -0.4 is 0 Å². The molecule has 9 aromatic carbocycles. The van der Waals surface area contributed by atoms with E-state index in [2.05, 4.69) is 162 Å². The third-order valence-electron chi connectivity index (χ3n) is 13.0. The summed E-state index contributed by atoms with van der Waals surface area (Å²) >= 11 is 1.84. The molecule has 0 spiro atoms. The summed E-state index contributed by atoms with van der Waals surface area (Å²) in [6, 6.07) is 75.0. The molecule has 302 valence electrons. The van der Waals surface area contributed by atoms with Crippen LogP contribution in [0.15, 0.2) is 206 Å². The van der Waals surface area contributed by atoms with Gasteiger partial charge in [0.05, 0.1) is 22.7 Å². The molecule has 0 fully saturated rings. The molecule has 1 atom stereocenters. The van der Waals surface area contributed by atoms with E-state index < -0.39 is 0 Å². The minimum atomic E-state index is -0.187. The maximum Gasteiger partial charge on any atom is 0.164 e. The van der Waals surface area contributed by atoms with Crippen LogP contribution in [0, 0.1) is 11.3 Å². The summed E-state index contributed by atoms with van der Waals surface area (Å²) in [4.78, 5) is 15.1. The van der Waals surface area contributed by atoms with Crippen LogP contribution in [0.3, 0.4) is 0 Å². The first-order valence-corrected chi connectivity index (χ1v) is 22.6. The summed E-state index contributed by atoms with van der Waals surface area (Å²) < 4.78 is 4.99. The van der Waals surface area contributed by atoms with Gasteiger partial charge in [0.15, 0.2) is 17.5 Å². The van der Waals surface area contributed by atoms with E-state index in [4.69, 9.17) is 15.0 Å². The van der Waals surface area contributed by atoms with E-state index >= 15 is 0 Å². The molecule has 0 amide bonds. The van der Waals surface area contributed by atoms with Gasteiger partial charge in [-0.15, -0.1) is 11.3 Å². The summed E-state index contributed by atoms with van der Waals surface area (Å²) in [6.45, 7) is 0. The Balaban J connectivity index is 0.976. The minimum Gasteiger partial charge on any atom is -0.309 e. The average molecular weight is 846 g/mol. The molecule has 6 heteroatoms. The highest BCUT2D eigenvalue weighted by atomic mass is 32.1. The molecule has 12 aromatic rings. The van der Waals surface area contributed by atoms with Gasteiger partial charge in [0.2, 0.25) is 0 Å². The summed E-state index contributed by atoms with van der Waals surface area (Å²) in [5.41, 5.74) is 14.5. The number of hydrogen-bond donors (Lipinski definition) is 0. The first-order valence-electron chi connectivity index (χ1n) is 21.8. The van der Waals surface area contributed by atoms with Gasteiger partial charge in [-0.3, -0.25) is 0 Å². The molecule has 0 N–H and O–H groups in total. The van der Waals surface area contributed by atoms with Gasteiger partial charge in [-0.1, -0.05) is 164 Å². The normalized spacial score (nSPS) is 13.1. The molecule has 1 unspecified atom stereocenters. The summed E-state index contributed by atoms with van der Waals surface area (Å²) in [6.07, 6.45) is 0. The highest BCUT2D eigenvalue weighted by Gasteiger charge is 2.35. The second-order valence-electron chi connectivity index (χ2n) is 16.6. The van der Waals surface area contributed by atoms with Crippen molar-refractivity contribution >= 4 is 53.3 Å². The molecule has 0 bridgehead atoms. The molecule has 3 aromatic heterocycles. The lowest BCUT2D eigenvalue weighted by molar-refractivity contribution is 1.02. The first kappa shape index (κ1) is 37.1. The van der Waals surface area contributed by atoms with Crippen molar-refractivity contribution in [2.45, 2.75) is 5.92 Å². The average Bonchev–Trinajstić information content (AvgIpc) is 4.04. The second kappa shape index (κ2) is 14.8. The summed E-state index contributed by atoms with van der Waals surface area (Å²) in [5, 5.41) is 16.0. The van der Waals surface area contributed by atoms with Crippen molar-refractivity contribution in [1.29, 1.82) is 5.26 Å². The van der Waals surface area contributed by atoms with E-state index in [-0.39, 0.29) is 5.92 Å². The van der Waals surface area contributed by atoms with E-state index in [0.29, 0.717) is 23.0 Å². The third kappa shape index (κ3) is 5.94. The molecule has 13 rings (SSSR count). The topological polar surface area (TPSA) is 67.4 Å². The predicted octanol–water partition coefficient (Wildman–Crippen LogP) is 15.0. The van der Waals surface area contributed by atoms with Crippen molar-refractivity contribution in [2.75, 3.05) is 0 Å². The Labute approximate surface area is 378 Å². The van der Waals surface area contributed by atoms with Gasteiger partial charge >= 0.3 is 0 Å². The number of rotatable bonds is 6. The highest BCUT2D eigenvalue weighted by Crippen LogP contribution is 2.53. The van der Waals surface area contributed by atoms with Crippen molar-refractivity contribution in [2.24, 2.45) is 0 Å². The van der Waals surface area contributed by atoms with Crippen molar-refractivity contribution in [1.82, 2.24) is 19.5 Å². The third-order valence-corrected chi connectivity index (χ3v) is 14.2. The van der Waals surface area contributed by atoms with Gasteiger partial charge < -0.3 is 4.57 Å². The molecule has 3 heterocycles. The van der Waals surface area contributed by atoms with Crippen LogP contribution in [0.1, 0.15) is 28.2 Å². The lowest BCUT2D eigenvalue weighted by Gasteiger charge is -2.18. The smallest absolute Gasteiger partial charge is 0.164 e. The Morgan fingerprint density at radius 1 is 0.431 bits per heavy atom. The van der Waals surface area contributed by atoms with Crippen LogP contribution in [0.5, 0.6) is 0 Å². The number of thiophene rings is 1. The molecular weight excluding hydrogens is 811 g/mol. The Bertz CT molecular complexity index is 3900. The Kier molecular flexibility index (Phi) is 8.45. The van der Waals surface area contributed by atoms with Gasteiger partial charge in [-0.25, -0.2) is 15.0 Å². The molecule has 0 radical (unpaired) electrons. The Hall–Kier alpha value is -8.50. The van der Waals surface area contributed by atoms with E-state index in [1.165, 1.54) is 53.2 Å². The number of para-hydroxylation sites is 1. The Morgan fingerprint density at radius 2 is 1.03 bits per heavy atom. The zero-order chi connectivity index (χ0) is 43.0. The lowest BCUT2D eigenvalue weighted by Crippen LogP contribution is -2.04. The van der Waals surface area contributed by atoms with Gasteiger partial charge in [-0.05, 0) is 81.4 Å². The predicted molar refractivity (Wildman–Crippen MR) is 266 cm³/mol. The monoisotopic (exact) mass is 845 g/mol. The fourth-order valence-electron chi connectivity index (χ4n) is 10.1. The lowest BCUT2D eigenvalue weighted by atomic mass is 9.84. The van der Waals surface area contributed by atoms with Gasteiger partial charge in [0.1, 0.15) is 0 Å². The van der Waals surface area contributed by atoms with Crippen molar-refractivity contribution in [3.8, 4) is 68.2 Å². The van der Waals surface area contributed by atoms with Gasteiger partial charge in [0, 0.05) is 59.2 Å². The number of benzene rings is 9. The maximum absolute atomic E-state index is 11.1. The highest BCUT2D eigenvalue weighted by molar-refractivity contribution is 7.25. The quantitative estimate of drug-likeness (QED) is 0.167. The minimum absolute atomic E-state index is 0.187. The van der Waals surface area contributed by atoms with Crippen molar-refractivity contribution < 1.29 is 0 Å². The molecule has 65 heavy (non-hydrogen) atoms. The van der Waals surface area contributed by atoms with Crippen LogP contribution in [0.4, 0.5) is 0 Å². The van der Waals surface area contributed by atoms with Crippen molar-refractivity contribution in [3.63, 3.8) is 0 Å². The van der Waals surface area contributed by atoms with E-state index in [9.17, 15) is 5.26 Å². The summed E-state index contributed by atoms with van der Waals surface area (Å²) in [7, 11) is 0. The van der Waals surface area contributed by atoms with Gasteiger partial charge in [0.25, 0.3) is 0 Å². The van der Waals surface area contributed by atoms with E-state index in [1.54, 1.807) is 0 Å². The number of hydrogen-bond acceptors (Lipinski definition) is 5. The molecular formula is C59H35N5S. The molecule has 0 saturated heterocycles. The van der Waals surface area contributed by atoms with E-state index in [0.717, 1.165) is 50.1 Å². The zero-order valence-electron chi connectivity index (χ0n) is 34.9. The molecule has 0 saturated carbocycles. The molecule has 1 aliphatic carbocycles. The van der Waals surface area contributed by atoms with Gasteiger partial charge in [-0.2, -0.15) is 5.26 Å². The largest absolute Gasteiger partial charge is 0.309 e. The SMILES string of the molecule is N#Cc1cc(-c2nc(-c3ccccc3)nc(-c3ccc(-c4ccccc4)cc3)n2)ccc1C1c2ccccc2-c2ccc3c(c21)c1ccccc1n3-c1ccc2sc3ccccc3c2c1. The second-order valence-corrected chi connectivity index (χ2v) is 17.7. The first-order chi connectivity index (χ1) is 32.2. The Morgan fingerprint density at radius 3 is 1.82 bits per heavy atom. The zero-order valence-corrected chi connectivity index (χ0v) is 35.7. The number of nitrogens with zero attached hydrogens (tertiary/aromatic N) is 5. The van der Waals surface area contributed by atoms with Crippen LogP contribution >= 0.6 is 11.3 Å².